The number of halogens is 1. The van der Waals surface area contributed by atoms with Crippen LogP contribution in [0, 0.1) is 0 Å². The highest BCUT2D eigenvalue weighted by Crippen LogP contribution is 2.30. The van der Waals surface area contributed by atoms with Crippen molar-refractivity contribution in [3.8, 4) is 11.6 Å². The summed E-state index contributed by atoms with van der Waals surface area (Å²) in [4.78, 5) is 27.3. The van der Waals surface area contributed by atoms with Gasteiger partial charge in [-0.15, -0.1) is 0 Å². The number of benzene rings is 1. The minimum Gasteiger partial charge on any atom is -0.438 e. The summed E-state index contributed by atoms with van der Waals surface area (Å²) in [5.74, 6) is 0.798. The lowest BCUT2D eigenvalue weighted by Gasteiger charge is -2.14. The van der Waals surface area contributed by atoms with E-state index < -0.39 is 0 Å². The van der Waals surface area contributed by atoms with Gasteiger partial charge in [-0.25, -0.2) is 14.8 Å². The Bertz CT molecular complexity index is 936. The number of aromatic nitrogens is 2. The highest BCUT2D eigenvalue weighted by Gasteiger charge is 2.13. The molecule has 1 aliphatic rings. The molecule has 2 aromatic rings. The van der Waals surface area contributed by atoms with Gasteiger partial charge in [0.15, 0.2) is 0 Å². The molecule has 0 saturated carbocycles. The maximum atomic E-state index is 12.2. The predicted molar refractivity (Wildman–Crippen MR) is 125 cm³/mol. The number of hydrogen-bond acceptors (Lipinski definition) is 8. The molecule has 0 bridgehead atoms. The molecule has 2 amide bonds. The average molecular weight is 462 g/mol. The van der Waals surface area contributed by atoms with Crippen LogP contribution in [0.25, 0.3) is 0 Å². The fourth-order valence-electron chi connectivity index (χ4n) is 3.31. The van der Waals surface area contributed by atoms with Gasteiger partial charge >= 0.3 is 6.03 Å². The lowest BCUT2D eigenvalue weighted by Crippen LogP contribution is -2.30. The minimum absolute atomic E-state index is 0.192. The highest BCUT2D eigenvalue weighted by molar-refractivity contribution is 6.33. The van der Waals surface area contributed by atoms with Crippen LogP contribution in [0.3, 0.4) is 0 Å². The van der Waals surface area contributed by atoms with Gasteiger partial charge in [0, 0.05) is 12.6 Å². The van der Waals surface area contributed by atoms with E-state index in [1.165, 1.54) is 45.6 Å². The number of nitrogen functional groups attached to an aromatic ring is 1. The van der Waals surface area contributed by atoms with E-state index in [1.54, 1.807) is 18.2 Å². The summed E-state index contributed by atoms with van der Waals surface area (Å²) in [6, 6.07) is 4.58. The van der Waals surface area contributed by atoms with Crippen molar-refractivity contribution in [2.45, 2.75) is 25.7 Å². The van der Waals surface area contributed by atoms with Gasteiger partial charge in [0.05, 0.1) is 16.9 Å². The quantitative estimate of drug-likeness (QED) is 0.281. The van der Waals surface area contributed by atoms with Gasteiger partial charge in [0.2, 0.25) is 5.88 Å². The number of nitrogens with two attached hydrogens (primary N) is 1. The monoisotopic (exact) mass is 461 g/mol. The van der Waals surface area contributed by atoms with E-state index in [0.29, 0.717) is 28.6 Å². The van der Waals surface area contributed by atoms with E-state index in [1.807, 2.05) is 0 Å². The van der Waals surface area contributed by atoms with Crippen LogP contribution in [0.1, 0.15) is 31.2 Å². The first kappa shape index (κ1) is 23.6. The molecule has 1 aliphatic heterocycles. The Morgan fingerprint density at radius 3 is 2.88 bits per heavy atom. The standard InChI is InChI=1S/C21H28ClN7O3/c1-31-27-13-16-19(23)25-14-26-20(16)32-15-6-7-18(17(22)12-15)28-21(30)24-8-2-3-9-29-10-4-5-11-29/h6-7,12-14H,2-5,8-11H2,1H3,(H2,23,25,26)(H2,24,28,30)/b27-13+. The summed E-state index contributed by atoms with van der Waals surface area (Å²) in [5, 5.41) is 9.60. The lowest BCUT2D eigenvalue weighted by atomic mass is 10.3. The number of amides is 2. The van der Waals surface area contributed by atoms with Crippen molar-refractivity contribution >= 4 is 35.4 Å². The molecule has 0 radical (unpaired) electrons. The Morgan fingerprint density at radius 1 is 1.31 bits per heavy atom. The Kier molecular flexibility index (Phi) is 8.88. The Labute approximate surface area is 192 Å². The first-order chi connectivity index (χ1) is 15.6. The second-order valence-electron chi connectivity index (χ2n) is 7.28. The molecular formula is C21H28ClN7O3. The molecule has 11 heteroatoms. The van der Waals surface area contributed by atoms with E-state index >= 15 is 0 Å². The van der Waals surface area contributed by atoms with Crippen LogP contribution >= 0.6 is 11.6 Å². The fraction of sp³-hybridized carbons (Fsp3) is 0.429. The molecule has 32 heavy (non-hydrogen) atoms. The van der Waals surface area contributed by atoms with Gasteiger partial charge in [-0.2, -0.15) is 0 Å². The summed E-state index contributed by atoms with van der Waals surface area (Å²) in [6.45, 7) is 4.09. The second-order valence-corrected chi connectivity index (χ2v) is 7.68. The number of anilines is 2. The molecule has 4 N–H and O–H groups in total. The first-order valence-corrected chi connectivity index (χ1v) is 10.9. The Morgan fingerprint density at radius 2 is 2.12 bits per heavy atom. The molecule has 10 nitrogen and oxygen atoms in total. The summed E-state index contributed by atoms with van der Waals surface area (Å²) < 4.78 is 5.77. The number of nitrogens with one attached hydrogen (secondary N) is 2. The highest BCUT2D eigenvalue weighted by atomic mass is 35.5. The number of unbranched alkanes of at least 4 members (excludes halogenated alkanes) is 1. The van der Waals surface area contributed by atoms with Crippen LogP contribution in [0.5, 0.6) is 11.6 Å². The van der Waals surface area contributed by atoms with Crippen molar-refractivity contribution in [3.05, 3.63) is 35.1 Å². The van der Waals surface area contributed by atoms with E-state index in [4.69, 9.17) is 22.1 Å². The second kappa shape index (κ2) is 12.1. The smallest absolute Gasteiger partial charge is 0.319 e. The number of urea groups is 1. The van der Waals surface area contributed by atoms with E-state index in [9.17, 15) is 4.79 Å². The molecule has 0 spiro atoms. The zero-order valence-electron chi connectivity index (χ0n) is 18.0. The number of nitrogens with zero attached hydrogens (tertiary/aromatic N) is 4. The van der Waals surface area contributed by atoms with Gasteiger partial charge in [-0.05, 0) is 57.5 Å². The van der Waals surface area contributed by atoms with Crippen LogP contribution in [-0.2, 0) is 4.84 Å². The number of oxime groups is 1. The minimum atomic E-state index is -0.302. The topological polar surface area (TPSA) is 127 Å². The first-order valence-electron chi connectivity index (χ1n) is 10.5. The molecule has 0 unspecified atom stereocenters. The zero-order valence-corrected chi connectivity index (χ0v) is 18.8. The lowest BCUT2D eigenvalue weighted by molar-refractivity contribution is 0.215. The number of carbonyl (C=O) groups excluding carboxylic acids is 1. The predicted octanol–water partition coefficient (Wildman–Crippen LogP) is 3.48. The molecule has 3 rings (SSSR count). The van der Waals surface area contributed by atoms with Crippen LogP contribution in [-0.4, -0.2) is 60.4 Å². The molecule has 1 aromatic carbocycles. The molecule has 0 atom stereocenters. The van der Waals surface area contributed by atoms with Gasteiger partial charge in [-0.3, -0.25) is 0 Å². The molecule has 1 fully saturated rings. The Balaban J connectivity index is 1.50. The number of rotatable bonds is 10. The van der Waals surface area contributed by atoms with E-state index in [2.05, 4.69) is 35.5 Å². The molecule has 0 aliphatic carbocycles. The van der Waals surface area contributed by atoms with Crippen LogP contribution in [0.15, 0.2) is 29.7 Å². The molecular weight excluding hydrogens is 434 g/mol. The molecule has 1 aromatic heterocycles. The molecule has 172 valence electrons. The summed E-state index contributed by atoms with van der Waals surface area (Å²) >= 11 is 6.32. The zero-order chi connectivity index (χ0) is 22.8. The number of likely N-dealkylation sites (tertiary alicyclic amines) is 1. The number of carbonyl (C=O) groups is 1. The molecule has 1 saturated heterocycles. The van der Waals surface area contributed by atoms with Crippen molar-refractivity contribution < 1.29 is 14.4 Å². The fourth-order valence-corrected chi connectivity index (χ4v) is 3.53. The summed E-state index contributed by atoms with van der Waals surface area (Å²) in [7, 11) is 1.41. The third-order valence-corrected chi connectivity index (χ3v) is 5.27. The van der Waals surface area contributed by atoms with Gasteiger partial charge in [0.25, 0.3) is 0 Å². The van der Waals surface area contributed by atoms with E-state index in [-0.39, 0.29) is 17.7 Å². The van der Waals surface area contributed by atoms with Gasteiger partial charge in [0.1, 0.15) is 30.6 Å². The van der Waals surface area contributed by atoms with Gasteiger partial charge in [-0.1, -0.05) is 16.8 Å². The SMILES string of the molecule is CO/N=C/c1c(N)ncnc1Oc1ccc(NC(=O)NCCCCN2CCCC2)c(Cl)c1. The summed E-state index contributed by atoms with van der Waals surface area (Å²) in [5.41, 5.74) is 6.70. The number of hydrogen-bond donors (Lipinski definition) is 3. The van der Waals surface area contributed by atoms with E-state index in [0.717, 1.165) is 19.4 Å². The van der Waals surface area contributed by atoms with Crippen LogP contribution < -0.4 is 21.1 Å². The third-order valence-electron chi connectivity index (χ3n) is 4.95. The number of ether oxygens (including phenoxy) is 1. The van der Waals surface area contributed by atoms with Crippen molar-refractivity contribution in [3.63, 3.8) is 0 Å². The van der Waals surface area contributed by atoms with Crippen molar-refractivity contribution in [1.82, 2.24) is 20.2 Å². The maximum absolute atomic E-state index is 12.2. The maximum Gasteiger partial charge on any atom is 0.319 e. The largest absolute Gasteiger partial charge is 0.438 e. The Hall–Kier alpha value is -3.11. The van der Waals surface area contributed by atoms with Crippen LogP contribution in [0.2, 0.25) is 5.02 Å². The van der Waals surface area contributed by atoms with Gasteiger partial charge < -0.3 is 30.8 Å². The normalized spacial score (nSPS) is 13.9. The van der Waals surface area contributed by atoms with Crippen molar-refractivity contribution in [2.24, 2.45) is 5.16 Å². The average Bonchev–Trinajstić information content (AvgIpc) is 3.29. The van der Waals surface area contributed by atoms with Crippen molar-refractivity contribution in [2.75, 3.05) is 44.3 Å². The summed E-state index contributed by atoms with van der Waals surface area (Å²) in [6.07, 6.45) is 7.22. The molecule has 2 heterocycles. The van der Waals surface area contributed by atoms with Crippen molar-refractivity contribution in [1.29, 1.82) is 0 Å². The third kappa shape index (κ3) is 6.96. The van der Waals surface area contributed by atoms with Crippen LogP contribution in [0.4, 0.5) is 16.3 Å².